The van der Waals surface area contributed by atoms with Crippen molar-refractivity contribution in [3.05, 3.63) is 45.2 Å². The Kier molecular flexibility index (Phi) is 4.37. The highest BCUT2D eigenvalue weighted by Crippen LogP contribution is 2.16. The van der Waals surface area contributed by atoms with Crippen LogP contribution in [0.15, 0.2) is 29.2 Å². The number of aromatic nitrogens is 1. The van der Waals surface area contributed by atoms with Crippen LogP contribution >= 0.6 is 11.6 Å². The van der Waals surface area contributed by atoms with Gasteiger partial charge in [0.2, 0.25) is 15.5 Å². The zero-order valence-electron chi connectivity index (χ0n) is 13.0. The van der Waals surface area contributed by atoms with Crippen LogP contribution in [0.1, 0.15) is 10.4 Å². The fraction of sp³-hybridized carbons (Fsp3) is 0.333. The average Bonchev–Trinajstić information content (AvgIpc) is 2.54. The minimum absolute atomic E-state index is 0.0395. The van der Waals surface area contributed by atoms with Crippen LogP contribution in [0.4, 0.5) is 0 Å². The molecule has 1 aliphatic rings. The summed E-state index contributed by atoms with van der Waals surface area (Å²) in [5, 5.41) is 0.883. The van der Waals surface area contributed by atoms with Crippen molar-refractivity contribution in [2.45, 2.75) is 0 Å². The molecule has 0 saturated carbocycles. The minimum Gasteiger partial charge on any atom is -0.360 e. The monoisotopic (exact) mass is 369 g/mol. The quantitative estimate of drug-likeness (QED) is 0.851. The van der Waals surface area contributed by atoms with E-state index in [0.29, 0.717) is 15.9 Å². The van der Waals surface area contributed by atoms with Gasteiger partial charge in [-0.1, -0.05) is 11.6 Å². The molecule has 1 aromatic heterocycles. The number of halogens is 1. The van der Waals surface area contributed by atoms with E-state index in [-0.39, 0.29) is 37.2 Å². The number of H-pyrrole nitrogens is 1. The number of amides is 1. The van der Waals surface area contributed by atoms with E-state index in [1.165, 1.54) is 15.4 Å². The van der Waals surface area contributed by atoms with Crippen LogP contribution in [-0.4, -0.2) is 60.9 Å². The van der Waals surface area contributed by atoms with Gasteiger partial charge in [-0.15, -0.1) is 0 Å². The molecule has 128 valence electrons. The third kappa shape index (κ3) is 3.17. The predicted octanol–water partition coefficient (Wildman–Crippen LogP) is 0.899. The third-order valence-electron chi connectivity index (χ3n) is 4.07. The summed E-state index contributed by atoms with van der Waals surface area (Å²) in [6.45, 7) is 0.964. The lowest BCUT2D eigenvalue weighted by atomic mass is 10.1. The Hall–Kier alpha value is -1.90. The third-order valence-corrected chi connectivity index (χ3v) is 5.61. The van der Waals surface area contributed by atoms with E-state index in [1.807, 2.05) is 0 Å². The first-order valence-electron chi connectivity index (χ1n) is 7.33. The number of aromatic amines is 1. The van der Waals surface area contributed by atoms with E-state index in [2.05, 4.69) is 4.98 Å². The minimum atomic E-state index is -3.27. The normalized spacial score (nSPS) is 16.5. The summed E-state index contributed by atoms with van der Waals surface area (Å²) in [7, 11) is -3.27. The SMILES string of the molecule is CS(=O)(=O)N1CCN(C(=O)c2c[nH]c3cc(Cl)ccc3c2=O)CC1. The van der Waals surface area contributed by atoms with Crippen LogP contribution in [0, 0.1) is 0 Å². The topological polar surface area (TPSA) is 90.6 Å². The molecule has 7 nitrogen and oxygen atoms in total. The van der Waals surface area contributed by atoms with Gasteiger partial charge in [0, 0.05) is 42.8 Å². The molecular weight excluding hydrogens is 354 g/mol. The zero-order valence-corrected chi connectivity index (χ0v) is 14.5. The van der Waals surface area contributed by atoms with Gasteiger partial charge in [-0.2, -0.15) is 4.31 Å². The zero-order chi connectivity index (χ0) is 17.5. The van der Waals surface area contributed by atoms with Crippen LogP contribution in [0.5, 0.6) is 0 Å². The van der Waals surface area contributed by atoms with E-state index in [1.54, 1.807) is 18.2 Å². The van der Waals surface area contributed by atoms with Crippen LogP contribution in [0.25, 0.3) is 10.9 Å². The summed E-state index contributed by atoms with van der Waals surface area (Å²) >= 11 is 5.89. The first kappa shape index (κ1) is 16.9. The number of sulfonamides is 1. The number of benzene rings is 1. The Balaban J connectivity index is 1.86. The Morgan fingerprint density at radius 1 is 1.21 bits per heavy atom. The van der Waals surface area contributed by atoms with E-state index in [4.69, 9.17) is 11.6 Å². The number of carbonyl (C=O) groups is 1. The van der Waals surface area contributed by atoms with Crippen molar-refractivity contribution in [3.63, 3.8) is 0 Å². The maximum Gasteiger partial charge on any atom is 0.259 e. The molecule has 2 heterocycles. The van der Waals surface area contributed by atoms with Gasteiger partial charge in [0.1, 0.15) is 5.56 Å². The van der Waals surface area contributed by atoms with Crippen molar-refractivity contribution in [1.82, 2.24) is 14.2 Å². The van der Waals surface area contributed by atoms with Crippen LogP contribution in [0.2, 0.25) is 5.02 Å². The van der Waals surface area contributed by atoms with E-state index < -0.39 is 15.9 Å². The Bertz CT molecular complexity index is 962. The number of fused-ring (bicyclic) bond motifs is 1. The number of pyridine rings is 1. The number of hydrogen-bond donors (Lipinski definition) is 1. The fourth-order valence-electron chi connectivity index (χ4n) is 2.75. The molecule has 0 radical (unpaired) electrons. The van der Waals surface area contributed by atoms with E-state index >= 15 is 0 Å². The summed E-state index contributed by atoms with van der Waals surface area (Å²) in [4.78, 5) is 29.5. The molecule has 0 atom stereocenters. The van der Waals surface area contributed by atoms with Crippen molar-refractivity contribution >= 4 is 38.4 Å². The maximum atomic E-state index is 12.6. The molecule has 1 aromatic carbocycles. The molecule has 9 heteroatoms. The molecule has 0 spiro atoms. The lowest BCUT2D eigenvalue weighted by molar-refractivity contribution is 0.0697. The van der Waals surface area contributed by atoms with Gasteiger partial charge in [0.15, 0.2) is 0 Å². The number of nitrogens with zero attached hydrogens (tertiary/aromatic N) is 2. The van der Waals surface area contributed by atoms with Gasteiger partial charge in [-0.25, -0.2) is 8.42 Å². The lowest BCUT2D eigenvalue weighted by Gasteiger charge is -2.33. The Morgan fingerprint density at radius 2 is 1.88 bits per heavy atom. The standard InChI is InChI=1S/C15H16ClN3O4S/c1-24(22,23)19-6-4-18(5-7-19)15(21)12-9-17-13-8-10(16)2-3-11(13)14(12)20/h2-3,8-9H,4-7H2,1H3,(H,17,20). The van der Waals surface area contributed by atoms with Crippen LogP contribution in [-0.2, 0) is 10.0 Å². The molecule has 2 aromatic rings. The van der Waals surface area contributed by atoms with Crippen LogP contribution < -0.4 is 5.43 Å². The molecule has 0 unspecified atom stereocenters. The second-order valence-corrected chi connectivity index (χ2v) is 8.09. The smallest absolute Gasteiger partial charge is 0.259 e. The number of nitrogens with one attached hydrogen (secondary N) is 1. The largest absolute Gasteiger partial charge is 0.360 e. The van der Waals surface area contributed by atoms with Gasteiger partial charge < -0.3 is 9.88 Å². The second-order valence-electron chi connectivity index (χ2n) is 5.68. The Labute approximate surface area is 143 Å². The molecular formula is C15H16ClN3O4S. The predicted molar refractivity (Wildman–Crippen MR) is 91.9 cm³/mol. The highest BCUT2D eigenvalue weighted by atomic mass is 35.5. The average molecular weight is 370 g/mol. The molecule has 1 N–H and O–H groups in total. The first-order valence-corrected chi connectivity index (χ1v) is 9.55. The molecule has 24 heavy (non-hydrogen) atoms. The van der Waals surface area contributed by atoms with Gasteiger partial charge in [0.05, 0.1) is 11.8 Å². The van der Waals surface area contributed by atoms with Gasteiger partial charge in [-0.3, -0.25) is 9.59 Å². The number of piperazine rings is 1. The number of rotatable bonds is 2. The highest BCUT2D eigenvalue weighted by Gasteiger charge is 2.27. The summed E-state index contributed by atoms with van der Waals surface area (Å²) in [6.07, 6.45) is 2.52. The van der Waals surface area contributed by atoms with Crippen molar-refractivity contribution in [2.75, 3.05) is 32.4 Å². The van der Waals surface area contributed by atoms with Crippen molar-refractivity contribution in [1.29, 1.82) is 0 Å². The summed E-state index contributed by atoms with van der Waals surface area (Å²) in [6, 6.07) is 4.80. The molecule has 3 rings (SSSR count). The molecule has 0 aliphatic carbocycles. The van der Waals surface area contributed by atoms with Gasteiger partial charge in [-0.05, 0) is 18.2 Å². The molecule has 1 amide bonds. The highest BCUT2D eigenvalue weighted by molar-refractivity contribution is 7.88. The second kappa shape index (κ2) is 6.19. The molecule has 1 aliphatic heterocycles. The van der Waals surface area contributed by atoms with Crippen molar-refractivity contribution in [3.8, 4) is 0 Å². The Morgan fingerprint density at radius 3 is 2.50 bits per heavy atom. The summed E-state index contributed by atoms with van der Waals surface area (Å²) < 4.78 is 24.4. The molecule has 1 saturated heterocycles. The van der Waals surface area contributed by atoms with E-state index in [0.717, 1.165) is 6.26 Å². The van der Waals surface area contributed by atoms with E-state index in [9.17, 15) is 18.0 Å². The van der Waals surface area contributed by atoms with Crippen molar-refractivity contribution in [2.24, 2.45) is 0 Å². The number of carbonyl (C=O) groups excluding carboxylic acids is 1. The van der Waals surface area contributed by atoms with Crippen molar-refractivity contribution < 1.29 is 13.2 Å². The first-order chi connectivity index (χ1) is 11.3. The molecule has 0 bridgehead atoms. The fourth-order valence-corrected chi connectivity index (χ4v) is 3.75. The lowest BCUT2D eigenvalue weighted by Crippen LogP contribution is -2.50. The van der Waals surface area contributed by atoms with Gasteiger partial charge in [0.25, 0.3) is 5.91 Å². The summed E-state index contributed by atoms with van der Waals surface area (Å²) in [5.41, 5.74) is 0.236. The maximum absolute atomic E-state index is 12.6. The van der Waals surface area contributed by atoms with Crippen LogP contribution in [0.3, 0.4) is 0 Å². The summed E-state index contributed by atoms with van der Waals surface area (Å²) in [5.74, 6) is -0.402. The van der Waals surface area contributed by atoms with Gasteiger partial charge >= 0.3 is 0 Å². The molecule has 1 fully saturated rings. The number of hydrogen-bond acceptors (Lipinski definition) is 4.